The van der Waals surface area contributed by atoms with Gasteiger partial charge in [0, 0.05) is 17.3 Å². The van der Waals surface area contributed by atoms with Crippen LogP contribution in [0.15, 0.2) is 24.3 Å². The number of thiocarbonyl (C=S) groups is 1. The second-order valence-corrected chi connectivity index (χ2v) is 5.46. The molecule has 0 aromatic heterocycles. The number of nitrogens with one attached hydrogen (secondary N) is 2. The zero-order chi connectivity index (χ0) is 14.4. The molecule has 0 bridgehead atoms. The summed E-state index contributed by atoms with van der Waals surface area (Å²) in [6.45, 7) is 0. The van der Waals surface area contributed by atoms with E-state index in [1.54, 1.807) is 0 Å². The Labute approximate surface area is 124 Å². The minimum atomic E-state index is -0.475. The van der Waals surface area contributed by atoms with Crippen LogP contribution in [0.2, 0.25) is 0 Å². The lowest BCUT2D eigenvalue weighted by atomic mass is 9.89. The van der Waals surface area contributed by atoms with Crippen LogP contribution in [0.4, 0.5) is 16.2 Å². The molecule has 108 valence electrons. The van der Waals surface area contributed by atoms with Crippen molar-refractivity contribution in [3.8, 4) is 0 Å². The standard InChI is InChI=1S/C15H20N2O2S/c1-19-15(18)17-13-9-5-8-12(10-13)16-14(20)11-6-3-2-4-7-11/h5,8-11H,2-4,6-7H2,1H3,(H,16,20)(H,17,18). The number of hydrogen-bond acceptors (Lipinski definition) is 3. The van der Waals surface area contributed by atoms with Crippen LogP contribution in [-0.2, 0) is 4.74 Å². The molecule has 0 atom stereocenters. The van der Waals surface area contributed by atoms with Gasteiger partial charge in [-0.1, -0.05) is 37.5 Å². The molecule has 1 fully saturated rings. The monoisotopic (exact) mass is 292 g/mol. The summed E-state index contributed by atoms with van der Waals surface area (Å²) in [6.07, 6.45) is 5.71. The Balaban J connectivity index is 1.96. The van der Waals surface area contributed by atoms with Gasteiger partial charge in [-0.05, 0) is 31.0 Å². The van der Waals surface area contributed by atoms with Crippen molar-refractivity contribution in [3.05, 3.63) is 24.3 Å². The van der Waals surface area contributed by atoms with Crippen molar-refractivity contribution in [3.63, 3.8) is 0 Å². The fraction of sp³-hybridized carbons (Fsp3) is 0.467. The second-order valence-electron chi connectivity index (χ2n) is 5.02. The molecule has 1 aliphatic carbocycles. The van der Waals surface area contributed by atoms with Crippen LogP contribution in [0.25, 0.3) is 0 Å². The van der Waals surface area contributed by atoms with Gasteiger partial charge >= 0.3 is 6.09 Å². The molecule has 1 amide bonds. The first kappa shape index (κ1) is 14.8. The topological polar surface area (TPSA) is 50.4 Å². The number of benzene rings is 1. The molecule has 1 aromatic rings. The molecule has 0 saturated heterocycles. The first-order valence-electron chi connectivity index (χ1n) is 6.95. The second kappa shape index (κ2) is 7.24. The van der Waals surface area contributed by atoms with Crippen LogP contribution in [0.5, 0.6) is 0 Å². The van der Waals surface area contributed by atoms with Gasteiger partial charge in [-0.2, -0.15) is 0 Å². The predicted molar refractivity (Wildman–Crippen MR) is 85.3 cm³/mol. The van der Waals surface area contributed by atoms with Gasteiger partial charge in [0.25, 0.3) is 0 Å². The van der Waals surface area contributed by atoms with Gasteiger partial charge < -0.3 is 10.1 Å². The van der Waals surface area contributed by atoms with Gasteiger partial charge in [0.15, 0.2) is 0 Å². The maximum absolute atomic E-state index is 11.2. The van der Waals surface area contributed by atoms with E-state index in [2.05, 4.69) is 15.4 Å². The Morgan fingerprint density at radius 3 is 2.50 bits per heavy atom. The molecular weight excluding hydrogens is 272 g/mol. The van der Waals surface area contributed by atoms with Gasteiger partial charge in [0.2, 0.25) is 0 Å². The molecule has 2 N–H and O–H groups in total. The minimum Gasteiger partial charge on any atom is -0.453 e. The molecule has 1 aliphatic rings. The van der Waals surface area contributed by atoms with Crippen LogP contribution in [-0.4, -0.2) is 18.2 Å². The van der Waals surface area contributed by atoms with Crippen LogP contribution < -0.4 is 10.6 Å². The maximum atomic E-state index is 11.2. The molecule has 0 radical (unpaired) electrons. The van der Waals surface area contributed by atoms with Gasteiger partial charge in [0.05, 0.1) is 12.1 Å². The number of hydrogen-bond donors (Lipinski definition) is 2. The van der Waals surface area contributed by atoms with Gasteiger partial charge in [-0.3, -0.25) is 5.32 Å². The molecule has 4 nitrogen and oxygen atoms in total. The van der Waals surface area contributed by atoms with Crippen LogP contribution >= 0.6 is 12.2 Å². The number of methoxy groups -OCH3 is 1. The van der Waals surface area contributed by atoms with Crippen molar-refractivity contribution < 1.29 is 9.53 Å². The lowest BCUT2D eigenvalue weighted by molar-refractivity contribution is 0.187. The number of carbonyl (C=O) groups excluding carboxylic acids is 1. The van der Waals surface area contributed by atoms with Gasteiger partial charge in [-0.25, -0.2) is 4.79 Å². The average molecular weight is 292 g/mol. The molecule has 5 heteroatoms. The third-order valence-corrected chi connectivity index (χ3v) is 3.97. The summed E-state index contributed by atoms with van der Waals surface area (Å²) in [5.74, 6) is 0.482. The molecule has 0 aliphatic heterocycles. The Bertz CT molecular complexity index is 485. The number of anilines is 2. The summed E-state index contributed by atoms with van der Waals surface area (Å²) in [6, 6.07) is 7.48. The van der Waals surface area contributed by atoms with Crippen molar-refractivity contribution in [2.24, 2.45) is 5.92 Å². The summed E-state index contributed by atoms with van der Waals surface area (Å²) < 4.78 is 4.57. The van der Waals surface area contributed by atoms with Crippen LogP contribution in [0, 0.1) is 5.92 Å². The van der Waals surface area contributed by atoms with Crippen molar-refractivity contribution in [2.45, 2.75) is 32.1 Å². The van der Waals surface area contributed by atoms with Gasteiger partial charge in [0.1, 0.15) is 0 Å². The van der Waals surface area contributed by atoms with E-state index in [1.807, 2.05) is 24.3 Å². The van der Waals surface area contributed by atoms with E-state index in [-0.39, 0.29) is 0 Å². The highest BCUT2D eigenvalue weighted by atomic mass is 32.1. The average Bonchev–Trinajstić information content (AvgIpc) is 2.48. The van der Waals surface area contributed by atoms with Crippen molar-refractivity contribution >= 4 is 34.7 Å². The van der Waals surface area contributed by atoms with E-state index >= 15 is 0 Å². The van der Waals surface area contributed by atoms with Gasteiger partial charge in [-0.15, -0.1) is 0 Å². The zero-order valence-electron chi connectivity index (χ0n) is 11.6. The minimum absolute atomic E-state index is 0.475. The quantitative estimate of drug-likeness (QED) is 0.820. The first-order valence-corrected chi connectivity index (χ1v) is 7.36. The molecule has 0 unspecified atom stereocenters. The molecule has 1 aromatic carbocycles. The number of amides is 1. The Morgan fingerprint density at radius 2 is 1.85 bits per heavy atom. The third kappa shape index (κ3) is 4.20. The smallest absolute Gasteiger partial charge is 0.411 e. The highest BCUT2D eigenvalue weighted by molar-refractivity contribution is 7.80. The summed E-state index contributed by atoms with van der Waals surface area (Å²) in [4.78, 5) is 12.1. The Morgan fingerprint density at radius 1 is 1.20 bits per heavy atom. The summed E-state index contributed by atoms with van der Waals surface area (Å²) in [7, 11) is 1.34. The summed E-state index contributed by atoms with van der Waals surface area (Å²) in [5, 5.41) is 5.92. The number of carbonyl (C=O) groups is 1. The first-order chi connectivity index (χ1) is 9.69. The maximum Gasteiger partial charge on any atom is 0.411 e. The van der Waals surface area contributed by atoms with Crippen molar-refractivity contribution in [1.29, 1.82) is 0 Å². The number of ether oxygens (including phenoxy) is 1. The Hall–Kier alpha value is -1.62. The van der Waals surface area contributed by atoms with E-state index in [9.17, 15) is 4.79 Å². The normalized spacial score (nSPS) is 15.4. The largest absolute Gasteiger partial charge is 0.453 e. The number of rotatable bonds is 3. The molecule has 0 heterocycles. The highest BCUT2D eigenvalue weighted by Gasteiger charge is 2.17. The molecular formula is C15H20N2O2S. The van der Waals surface area contributed by atoms with Crippen molar-refractivity contribution in [1.82, 2.24) is 0 Å². The molecule has 1 saturated carbocycles. The highest BCUT2D eigenvalue weighted by Crippen LogP contribution is 2.26. The molecule has 2 rings (SSSR count). The van der Waals surface area contributed by atoms with E-state index in [1.165, 1.54) is 39.2 Å². The van der Waals surface area contributed by atoms with E-state index in [4.69, 9.17) is 12.2 Å². The van der Waals surface area contributed by atoms with Crippen LogP contribution in [0.1, 0.15) is 32.1 Å². The van der Waals surface area contributed by atoms with E-state index in [0.717, 1.165) is 10.7 Å². The van der Waals surface area contributed by atoms with E-state index < -0.39 is 6.09 Å². The zero-order valence-corrected chi connectivity index (χ0v) is 12.5. The lowest BCUT2D eigenvalue weighted by Crippen LogP contribution is -2.23. The van der Waals surface area contributed by atoms with Crippen molar-refractivity contribution in [2.75, 3.05) is 17.7 Å². The lowest BCUT2D eigenvalue weighted by Gasteiger charge is -2.23. The Kier molecular flexibility index (Phi) is 5.35. The fourth-order valence-electron chi connectivity index (χ4n) is 2.45. The van der Waals surface area contributed by atoms with E-state index in [0.29, 0.717) is 11.6 Å². The third-order valence-electron chi connectivity index (χ3n) is 3.54. The van der Waals surface area contributed by atoms with Crippen LogP contribution in [0.3, 0.4) is 0 Å². The SMILES string of the molecule is COC(=O)Nc1cccc(NC(=S)C2CCCCC2)c1. The molecule has 20 heavy (non-hydrogen) atoms. The predicted octanol–water partition coefficient (Wildman–Crippen LogP) is 4.18. The summed E-state index contributed by atoms with van der Waals surface area (Å²) >= 11 is 5.49. The fourth-order valence-corrected chi connectivity index (χ4v) is 2.81. The molecule has 0 spiro atoms. The summed E-state index contributed by atoms with van der Waals surface area (Å²) in [5.41, 5.74) is 1.59.